The summed E-state index contributed by atoms with van der Waals surface area (Å²) in [6, 6.07) is 3.58. The summed E-state index contributed by atoms with van der Waals surface area (Å²) in [4.78, 5) is 10.2. The van der Waals surface area contributed by atoms with Crippen molar-refractivity contribution in [3.63, 3.8) is 0 Å². The maximum Gasteiger partial charge on any atom is 0.312 e. The molecule has 0 heterocycles. The molecule has 1 atom stereocenters. The number of hydrogen-bond donors (Lipinski definition) is 1. The fourth-order valence-electron chi connectivity index (χ4n) is 1.36. The Hall–Kier alpha value is -1.67. The molecule has 0 aliphatic carbocycles. The molecule has 112 valence electrons. The molecule has 0 aromatic heterocycles. The molecule has 20 heavy (non-hydrogen) atoms. The number of nitrogens with one attached hydrogen (secondary N) is 1. The molecule has 1 unspecified atom stereocenters. The van der Waals surface area contributed by atoms with E-state index in [0.717, 1.165) is 6.07 Å². The van der Waals surface area contributed by atoms with Gasteiger partial charge in [-0.25, -0.2) is 13.1 Å². The van der Waals surface area contributed by atoms with Gasteiger partial charge in [0.05, 0.1) is 15.9 Å². The molecule has 0 radical (unpaired) electrons. The van der Waals surface area contributed by atoms with Crippen molar-refractivity contribution in [1.29, 1.82) is 0 Å². The highest BCUT2D eigenvalue weighted by Gasteiger charge is 2.23. The van der Waals surface area contributed by atoms with Crippen molar-refractivity contribution in [2.45, 2.75) is 31.8 Å². The van der Waals surface area contributed by atoms with Crippen LogP contribution >= 0.6 is 0 Å². The van der Waals surface area contributed by atoms with Gasteiger partial charge in [0.15, 0.2) is 5.75 Å². The van der Waals surface area contributed by atoms with E-state index >= 15 is 0 Å². The fourth-order valence-corrected chi connectivity index (χ4v) is 2.11. The molecular formula is C12H18N2O5S. The maximum absolute atomic E-state index is 11.6. The van der Waals surface area contributed by atoms with Crippen LogP contribution in [0.4, 0.5) is 5.69 Å². The highest BCUT2D eigenvalue weighted by Crippen LogP contribution is 2.31. The van der Waals surface area contributed by atoms with E-state index in [-0.39, 0.29) is 28.4 Å². The number of nitrogens with zero attached hydrogens (tertiary/aromatic N) is 1. The molecule has 1 rings (SSSR count). The highest BCUT2D eigenvalue weighted by molar-refractivity contribution is 7.89. The van der Waals surface area contributed by atoms with Crippen LogP contribution in [0.15, 0.2) is 23.1 Å². The number of nitro benzene ring substituents is 1. The Kier molecular flexibility index (Phi) is 5.07. The van der Waals surface area contributed by atoms with Crippen molar-refractivity contribution in [2.75, 3.05) is 7.05 Å². The molecule has 1 aromatic rings. The van der Waals surface area contributed by atoms with Crippen LogP contribution in [0.5, 0.6) is 5.75 Å². The monoisotopic (exact) mass is 302 g/mol. The minimum Gasteiger partial charge on any atom is -0.484 e. The predicted molar refractivity (Wildman–Crippen MR) is 74.3 cm³/mol. The Morgan fingerprint density at radius 3 is 2.35 bits per heavy atom. The molecule has 0 saturated carbocycles. The second-order valence-corrected chi connectivity index (χ2v) is 6.55. The smallest absolute Gasteiger partial charge is 0.312 e. The van der Waals surface area contributed by atoms with Crippen LogP contribution in [0.3, 0.4) is 0 Å². The molecule has 1 aromatic carbocycles. The Balaban J connectivity index is 3.25. The van der Waals surface area contributed by atoms with Gasteiger partial charge in [-0.1, -0.05) is 13.8 Å². The average molecular weight is 302 g/mol. The van der Waals surface area contributed by atoms with Crippen LogP contribution in [0.2, 0.25) is 0 Å². The predicted octanol–water partition coefficient (Wildman–Crippen LogP) is 1.93. The van der Waals surface area contributed by atoms with Crippen LogP contribution in [-0.2, 0) is 10.0 Å². The van der Waals surface area contributed by atoms with Gasteiger partial charge in [-0.3, -0.25) is 10.1 Å². The van der Waals surface area contributed by atoms with Crippen LogP contribution in [0.25, 0.3) is 0 Å². The van der Waals surface area contributed by atoms with E-state index < -0.39 is 14.9 Å². The number of benzene rings is 1. The van der Waals surface area contributed by atoms with E-state index in [1.54, 1.807) is 6.92 Å². The third-order valence-corrected chi connectivity index (χ3v) is 4.37. The Bertz CT molecular complexity index is 598. The molecule has 0 bridgehead atoms. The summed E-state index contributed by atoms with van der Waals surface area (Å²) < 4.78 is 30.9. The molecular weight excluding hydrogens is 284 g/mol. The zero-order chi connectivity index (χ0) is 15.5. The normalized spacial score (nSPS) is 13.2. The zero-order valence-electron chi connectivity index (χ0n) is 11.8. The SMILES string of the molecule is CNS(=O)(=O)c1ccc(OC(C)C(C)C)c([N+](=O)[O-])c1. The van der Waals surface area contributed by atoms with Crippen molar-refractivity contribution < 1.29 is 18.1 Å². The van der Waals surface area contributed by atoms with E-state index in [1.807, 2.05) is 13.8 Å². The standard InChI is InChI=1S/C12H18N2O5S/c1-8(2)9(3)19-12-6-5-10(20(17,18)13-4)7-11(12)14(15)16/h5-9,13H,1-4H3. The van der Waals surface area contributed by atoms with Crippen LogP contribution in [0.1, 0.15) is 20.8 Å². The number of rotatable bonds is 6. The first-order valence-corrected chi connectivity index (χ1v) is 7.56. The summed E-state index contributed by atoms with van der Waals surface area (Å²) in [5.41, 5.74) is -0.367. The fraction of sp³-hybridized carbons (Fsp3) is 0.500. The Morgan fingerprint density at radius 2 is 1.90 bits per heavy atom. The van der Waals surface area contributed by atoms with Crippen LogP contribution in [-0.4, -0.2) is 26.5 Å². The van der Waals surface area contributed by atoms with Crippen LogP contribution in [0, 0.1) is 16.0 Å². The first-order valence-electron chi connectivity index (χ1n) is 6.07. The summed E-state index contributed by atoms with van der Waals surface area (Å²) in [5, 5.41) is 11.1. The molecule has 0 aliphatic heterocycles. The summed E-state index contributed by atoms with van der Waals surface area (Å²) >= 11 is 0. The molecule has 7 nitrogen and oxygen atoms in total. The number of nitro groups is 1. The first kappa shape index (κ1) is 16.4. The zero-order valence-corrected chi connectivity index (χ0v) is 12.6. The molecule has 0 aliphatic rings. The minimum atomic E-state index is -3.73. The Labute approximate surface area is 118 Å². The largest absolute Gasteiger partial charge is 0.484 e. The van der Waals surface area contributed by atoms with E-state index in [0.29, 0.717) is 0 Å². The van der Waals surface area contributed by atoms with Gasteiger partial charge < -0.3 is 4.74 Å². The van der Waals surface area contributed by atoms with Gasteiger partial charge in [-0.2, -0.15) is 0 Å². The van der Waals surface area contributed by atoms with Crippen molar-refractivity contribution in [1.82, 2.24) is 4.72 Å². The molecule has 1 N–H and O–H groups in total. The molecule has 8 heteroatoms. The van der Waals surface area contributed by atoms with Crippen molar-refractivity contribution in [2.24, 2.45) is 5.92 Å². The van der Waals surface area contributed by atoms with Crippen molar-refractivity contribution in [3.05, 3.63) is 28.3 Å². The van der Waals surface area contributed by atoms with Crippen molar-refractivity contribution >= 4 is 15.7 Å². The van der Waals surface area contributed by atoms with Gasteiger partial charge in [-0.05, 0) is 32.0 Å². The first-order chi connectivity index (χ1) is 9.19. The van der Waals surface area contributed by atoms with E-state index in [1.165, 1.54) is 19.2 Å². The number of hydrogen-bond acceptors (Lipinski definition) is 5. The quantitative estimate of drug-likeness (QED) is 0.639. The molecule has 0 fully saturated rings. The topological polar surface area (TPSA) is 98.5 Å². The van der Waals surface area contributed by atoms with Crippen LogP contribution < -0.4 is 9.46 Å². The summed E-state index contributed by atoms with van der Waals surface area (Å²) in [6.45, 7) is 5.65. The highest BCUT2D eigenvalue weighted by atomic mass is 32.2. The number of sulfonamides is 1. The van der Waals surface area contributed by atoms with Gasteiger partial charge in [0, 0.05) is 6.07 Å². The lowest BCUT2D eigenvalue weighted by molar-refractivity contribution is -0.386. The van der Waals surface area contributed by atoms with Gasteiger partial charge in [0.25, 0.3) is 0 Å². The van der Waals surface area contributed by atoms with Gasteiger partial charge in [-0.15, -0.1) is 0 Å². The van der Waals surface area contributed by atoms with E-state index in [9.17, 15) is 18.5 Å². The van der Waals surface area contributed by atoms with Gasteiger partial charge in [0.2, 0.25) is 10.0 Å². The molecule has 0 spiro atoms. The summed E-state index contributed by atoms with van der Waals surface area (Å²) in [6.07, 6.45) is -0.222. The van der Waals surface area contributed by atoms with Gasteiger partial charge >= 0.3 is 5.69 Å². The lowest BCUT2D eigenvalue weighted by Gasteiger charge is -2.18. The maximum atomic E-state index is 11.6. The van der Waals surface area contributed by atoms with Crippen molar-refractivity contribution in [3.8, 4) is 5.75 Å². The van der Waals surface area contributed by atoms with Gasteiger partial charge in [0.1, 0.15) is 0 Å². The second kappa shape index (κ2) is 6.19. The third-order valence-electron chi connectivity index (χ3n) is 2.96. The Morgan fingerprint density at radius 1 is 1.30 bits per heavy atom. The summed E-state index contributed by atoms with van der Waals surface area (Å²) in [7, 11) is -2.48. The lowest BCUT2D eigenvalue weighted by Crippen LogP contribution is -2.20. The summed E-state index contributed by atoms with van der Waals surface area (Å²) in [5.74, 6) is 0.238. The second-order valence-electron chi connectivity index (χ2n) is 4.66. The lowest BCUT2D eigenvalue weighted by atomic mass is 10.1. The third kappa shape index (κ3) is 3.67. The van der Waals surface area contributed by atoms with E-state index in [4.69, 9.17) is 4.74 Å². The molecule has 0 amide bonds. The minimum absolute atomic E-state index is 0.0613. The average Bonchev–Trinajstić information content (AvgIpc) is 2.38. The molecule has 0 saturated heterocycles. The number of ether oxygens (including phenoxy) is 1. The van der Waals surface area contributed by atoms with E-state index in [2.05, 4.69) is 4.72 Å².